The molecule has 0 aromatic carbocycles. The van der Waals surface area contributed by atoms with E-state index in [4.69, 9.17) is 11.6 Å². The van der Waals surface area contributed by atoms with E-state index < -0.39 is 0 Å². The number of nitrogens with zero attached hydrogens (tertiary/aromatic N) is 3. The zero-order valence-corrected chi connectivity index (χ0v) is 10.3. The van der Waals surface area contributed by atoms with Gasteiger partial charge >= 0.3 is 5.69 Å². The molecule has 4 nitrogen and oxygen atoms in total. The Kier molecular flexibility index (Phi) is 3.09. The summed E-state index contributed by atoms with van der Waals surface area (Å²) in [6.07, 6.45) is 0. The van der Waals surface area contributed by atoms with Crippen molar-refractivity contribution in [3.8, 4) is 0 Å². The Morgan fingerprint density at radius 3 is 2.40 bits per heavy atom. The molecule has 0 atom stereocenters. The summed E-state index contributed by atoms with van der Waals surface area (Å²) in [6.45, 7) is 11.5. The molecule has 0 aliphatic rings. The van der Waals surface area contributed by atoms with Gasteiger partial charge in [-0.3, -0.25) is 4.57 Å². The van der Waals surface area contributed by atoms with Crippen LogP contribution in [-0.2, 0) is 12.1 Å². The topological polar surface area (TPSA) is 39.8 Å². The van der Waals surface area contributed by atoms with Gasteiger partial charge in [-0.2, -0.15) is 5.10 Å². The van der Waals surface area contributed by atoms with E-state index in [1.807, 2.05) is 20.8 Å². The molecule has 0 fully saturated rings. The second-order valence-electron chi connectivity index (χ2n) is 4.52. The predicted molar refractivity (Wildman–Crippen MR) is 61.2 cm³/mol. The van der Waals surface area contributed by atoms with Crippen molar-refractivity contribution in [1.82, 2.24) is 14.3 Å². The lowest BCUT2D eigenvalue weighted by molar-refractivity contribution is 0.340. The van der Waals surface area contributed by atoms with Crippen LogP contribution in [0.1, 0.15) is 26.6 Å². The van der Waals surface area contributed by atoms with Crippen molar-refractivity contribution in [2.45, 2.75) is 39.8 Å². The molecule has 0 spiro atoms. The highest BCUT2D eigenvalue weighted by Crippen LogP contribution is 2.10. The first-order valence-electron chi connectivity index (χ1n) is 4.73. The van der Waals surface area contributed by atoms with Gasteiger partial charge in [-0.05, 0) is 27.7 Å². The molecule has 0 aliphatic heterocycles. The first kappa shape index (κ1) is 12.0. The van der Waals surface area contributed by atoms with Crippen LogP contribution < -0.4 is 5.69 Å². The SMILES string of the molecule is C=C(Cl)Cn1c(C)nn(C(C)(C)C)c1=O. The number of aryl methyl sites for hydroxylation is 1. The number of hydrogen-bond acceptors (Lipinski definition) is 2. The minimum atomic E-state index is -0.319. The average Bonchev–Trinajstić information content (AvgIpc) is 2.30. The van der Waals surface area contributed by atoms with E-state index >= 15 is 0 Å². The van der Waals surface area contributed by atoms with Gasteiger partial charge < -0.3 is 0 Å². The predicted octanol–water partition coefficient (Wildman–Crippen LogP) is 1.86. The second kappa shape index (κ2) is 3.85. The van der Waals surface area contributed by atoms with Gasteiger partial charge in [0.15, 0.2) is 0 Å². The van der Waals surface area contributed by atoms with Crippen LogP contribution >= 0.6 is 11.6 Å². The van der Waals surface area contributed by atoms with Crippen molar-refractivity contribution in [2.24, 2.45) is 0 Å². The molecular weight excluding hydrogens is 214 g/mol. The third-order valence-corrected chi connectivity index (χ3v) is 2.13. The van der Waals surface area contributed by atoms with Crippen LogP contribution in [0.5, 0.6) is 0 Å². The van der Waals surface area contributed by atoms with Gasteiger partial charge in [0.1, 0.15) is 5.82 Å². The van der Waals surface area contributed by atoms with Crippen LogP contribution in [0.25, 0.3) is 0 Å². The largest absolute Gasteiger partial charge is 0.346 e. The summed E-state index contributed by atoms with van der Waals surface area (Å²) in [4.78, 5) is 11.9. The summed E-state index contributed by atoms with van der Waals surface area (Å²) in [5.41, 5.74) is -0.470. The Morgan fingerprint density at radius 2 is 2.07 bits per heavy atom. The zero-order valence-electron chi connectivity index (χ0n) is 9.54. The Labute approximate surface area is 94.2 Å². The molecule has 0 radical (unpaired) electrons. The molecule has 0 amide bonds. The fourth-order valence-corrected chi connectivity index (χ4v) is 1.40. The summed E-state index contributed by atoms with van der Waals surface area (Å²) in [6, 6.07) is 0. The zero-order chi connectivity index (χ0) is 11.8. The van der Waals surface area contributed by atoms with Crippen molar-refractivity contribution in [2.75, 3.05) is 0 Å². The van der Waals surface area contributed by atoms with Gasteiger partial charge in [0.25, 0.3) is 0 Å². The smallest absolute Gasteiger partial charge is 0.274 e. The molecule has 0 bridgehead atoms. The molecular formula is C10H16ClN3O. The van der Waals surface area contributed by atoms with E-state index in [9.17, 15) is 4.79 Å². The van der Waals surface area contributed by atoms with Crippen LogP contribution in [0.3, 0.4) is 0 Å². The quantitative estimate of drug-likeness (QED) is 0.777. The molecule has 0 saturated heterocycles. The van der Waals surface area contributed by atoms with Crippen LogP contribution in [0.4, 0.5) is 0 Å². The number of halogens is 1. The molecule has 1 aromatic rings. The maximum atomic E-state index is 11.9. The molecule has 0 N–H and O–H groups in total. The monoisotopic (exact) mass is 229 g/mol. The summed E-state index contributed by atoms with van der Waals surface area (Å²) < 4.78 is 2.97. The van der Waals surface area contributed by atoms with Crippen LogP contribution in [0.2, 0.25) is 0 Å². The first-order chi connectivity index (χ1) is 6.73. The van der Waals surface area contributed by atoms with Gasteiger partial charge in [-0.15, -0.1) is 0 Å². The van der Waals surface area contributed by atoms with E-state index in [-0.39, 0.29) is 11.2 Å². The molecule has 1 aromatic heterocycles. The number of hydrogen-bond donors (Lipinski definition) is 0. The molecule has 0 saturated carbocycles. The second-order valence-corrected chi connectivity index (χ2v) is 5.05. The van der Waals surface area contributed by atoms with E-state index in [2.05, 4.69) is 11.7 Å². The Balaban J connectivity index is 3.27. The third kappa shape index (κ3) is 2.50. The number of aromatic nitrogens is 3. The van der Waals surface area contributed by atoms with E-state index in [0.29, 0.717) is 17.4 Å². The third-order valence-electron chi connectivity index (χ3n) is 2.01. The number of allylic oxidation sites excluding steroid dienone is 1. The molecule has 84 valence electrons. The highest BCUT2D eigenvalue weighted by atomic mass is 35.5. The highest BCUT2D eigenvalue weighted by molar-refractivity contribution is 6.29. The van der Waals surface area contributed by atoms with Gasteiger partial charge in [-0.25, -0.2) is 9.48 Å². The average molecular weight is 230 g/mol. The van der Waals surface area contributed by atoms with Crippen LogP contribution in [0.15, 0.2) is 16.4 Å². The maximum absolute atomic E-state index is 11.9. The molecule has 5 heteroatoms. The standard InChI is InChI=1S/C10H16ClN3O/c1-7(11)6-13-8(2)12-14(9(13)15)10(3,4)5/h1,6H2,2-5H3. The molecule has 1 heterocycles. The molecule has 0 aliphatic carbocycles. The minimum Gasteiger partial charge on any atom is -0.274 e. The fraction of sp³-hybridized carbons (Fsp3) is 0.600. The van der Waals surface area contributed by atoms with Crippen molar-refractivity contribution in [3.63, 3.8) is 0 Å². The Hall–Kier alpha value is -1.03. The molecule has 0 unspecified atom stereocenters. The molecule has 1 rings (SSSR count). The summed E-state index contributed by atoms with van der Waals surface area (Å²) >= 11 is 5.69. The highest BCUT2D eigenvalue weighted by Gasteiger charge is 2.20. The van der Waals surface area contributed by atoms with Crippen LogP contribution in [-0.4, -0.2) is 14.3 Å². The Morgan fingerprint density at radius 1 is 1.53 bits per heavy atom. The summed E-state index contributed by atoms with van der Waals surface area (Å²) in [7, 11) is 0. The normalized spacial score (nSPS) is 11.8. The fourth-order valence-electron chi connectivity index (χ4n) is 1.28. The Bertz CT molecular complexity index is 437. The molecule has 15 heavy (non-hydrogen) atoms. The van der Waals surface area contributed by atoms with Crippen molar-refractivity contribution in [1.29, 1.82) is 0 Å². The van der Waals surface area contributed by atoms with Gasteiger partial charge in [-0.1, -0.05) is 18.2 Å². The van der Waals surface area contributed by atoms with Gasteiger partial charge in [0.05, 0.1) is 12.1 Å². The minimum absolute atomic E-state index is 0.151. The lowest BCUT2D eigenvalue weighted by Crippen LogP contribution is -2.35. The van der Waals surface area contributed by atoms with E-state index in [0.717, 1.165) is 0 Å². The van der Waals surface area contributed by atoms with Gasteiger partial charge in [0.2, 0.25) is 0 Å². The lowest BCUT2D eigenvalue weighted by Gasteiger charge is -2.16. The lowest BCUT2D eigenvalue weighted by atomic mass is 10.1. The van der Waals surface area contributed by atoms with Crippen LogP contribution in [0, 0.1) is 6.92 Å². The van der Waals surface area contributed by atoms with Crippen molar-refractivity contribution in [3.05, 3.63) is 27.9 Å². The van der Waals surface area contributed by atoms with E-state index in [1.165, 1.54) is 9.25 Å². The summed E-state index contributed by atoms with van der Waals surface area (Å²) in [5.74, 6) is 0.650. The van der Waals surface area contributed by atoms with Gasteiger partial charge in [0, 0.05) is 5.03 Å². The summed E-state index contributed by atoms with van der Waals surface area (Å²) in [5, 5.41) is 4.63. The van der Waals surface area contributed by atoms with E-state index in [1.54, 1.807) is 6.92 Å². The number of rotatable bonds is 2. The van der Waals surface area contributed by atoms with Crippen molar-refractivity contribution >= 4 is 11.6 Å². The first-order valence-corrected chi connectivity index (χ1v) is 5.11. The maximum Gasteiger partial charge on any atom is 0.346 e. The van der Waals surface area contributed by atoms with Crippen molar-refractivity contribution < 1.29 is 0 Å².